The van der Waals surface area contributed by atoms with E-state index in [1.165, 1.54) is 6.20 Å². The molecule has 3 aromatic heterocycles. The van der Waals surface area contributed by atoms with Crippen LogP contribution in [-0.2, 0) is 4.74 Å². The van der Waals surface area contributed by atoms with Crippen molar-refractivity contribution in [3.05, 3.63) is 18.7 Å². The van der Waals surface area contributed by atoms with Crippen LogP contribution in [0.4, 0.5) is 11.8 Å². The van der Waals surface area contributed by atoms with Crippen molar-refractivity contribution in [3.63, 3.8) is 0 Å². The lowest BCUT2D eigenvalue weighted by molar-refractivity contribution is 0.122. The third-order valence-corrected chi connectivity index (χ3v) is 3.48. The number of rotatable bonds is 2. The van der Waals surface area contributed by atoms with Crippen molar-refractivity contribution < 1.29 is 4.74 Å². The van der Waals surface area contributed by atoms with Crippen LogP contribution in [0, 0.1) is 0 Å². The molecule has 1 fully saturated rings. The predicted octanol–water partition coefficient (Wildman–Crippen LogP) is 0.229. The van der Waals surface area contributed by atoms with E-state index in [0.717, 1.165) is 18.6 Å². The van der Waals surface area contributed by atoms with Crippen molar-refractivity contribution in [2.75, 3.05) is 36.9 Å². The number of hydrogen-bond donors (Lipinski definition) is 2. The lowest BCUT2D eigenvalue weighted by atomic mass is 10.3. The van der Waals surface area contributed by atoms with Gasteiger partial charge in [0, 0.05) is 13.1 Å². The number of nitrogen functional groups attached to an aromatic ring is 1. The number of morpholine rings is 1. The molecular formula is C13H14N8O. The first-order chi connectivity index (χ1) is 10.8. The molecule has 0 unspecified atom stereocenters. The fourth-order valence-corrected chi connectivity index (χ4v) is 2.37. The number of aromatic nitrogens is 6. The zero-order chi connectivity index (χ0) is 14.9. The molecule has 3 aromatic rings. The molecule has 4 rings (SSSR count). The van der Waals surface area contributed by atoms with Crippen LogP contribution in [-0.4, -0.2) is 56.2 Å². The molecule has 0 amide bonds. The molecule has 22 heavy (non-hydrogen) atoms. The highest BCUT2D eigenvalue weighted by Crippen LogP contribution is 2.24. The topological polar surface area (TPSA) is 119 Å². The lowest BCUT2D eigenvalue weighted by Crippen LogP contribution is -2.37. The molecule has 0 atom stereocenters. The van der Waals surface area contributed by atoms with E-state index in [2.05, 4.69) is 34.8 Å². The van der Waals surface area contributed by atoms with Crippen LogP contribution in [0.1, 0.15) is 0 Å². The molecule has 3 N–H and O–H groups in total. The third kappa shape index (κ3) is 2.21. The minimum absolute atomic E-state index is 0.368. The summed E-state index contributed by atoms with van der Waals surface area (Å²) >= 11 is 0. The van der Waals surface area contributed by atoms with Crippen molar-refractivity contribution >= 4 is 22.9 Å². The molecule has 112 valence electrons. The summed E-state index contributed by atoms with van der Waals surface area (Å²) in [6, 6.07) is 0. The molecule has 0 saturated carbocycles. The molecule has 0 radical (unpaired) electrons. The molecular weight excluding hydrogens is 284 g/mol. The van der Waals surface area contributed by atoms with Gasteiger partial charge in [-0.2, -0.15) is 4.98 Å². The highest BCUT2D eigenvalue weighted by molar-refractivity contribution is 5.86. The number of nitrogens with one attached hydrogen (secondary N) is 1. The second-order valence-corrected chi connectivity index (χ2v) is 4.90. The number of hydrogen-bond acceptors (Lipinski definition) is 8. The Morgan fingerprint density at radius 1 is 1.09 bits per heavy atom. The summed E-state index contributed by atoms with van der Waals surface area (Å²) in [5.74, 6) is 0.989. The molecule has 0 aliphatic carbocycles. The number of imidazole rings is 1. The summed E-state index contributed by atoms with van der Waals surface area (Å²) in [4.78, 5) is 26.9. The quantitative estimate of drug-likeness (QED) is 0.690. The average Bonchev–Trinajstić information content (AvgIpc) is 3.04. The van der Waals surface area contributed by atoms with E-state index in [4.69, 9.17) is 10.5 Å². The summed E-state index contributed by atoms with van der Waals surface area (Å²) in [6.07, 6.45) is 4.70. The van der Waals surface area contributed by atoms with E-state index in [9.17, 15) is 0 Å². The van der Waals surface area contributed by atoms with Crippen LogP contribution < -0.4 is 10.6 Å². The standard InChI is InChI=1S/C13H14N8O/c14-9-6-15-8(5-16-9)10-11-12(18-7-17-11)20-13(19-10)21-1-3-22-4-2-21/h5-7H,1-4H2,(H2,14,16)(H,17,18,19,20). The maximum absolute atomic E-state index is 5.60. The number of nitrogens with zero attached hydrogens (tertiary/aromatic N) is 6. The van der Waals surface area contributed by atoms with Gasteiger partial charge in [0.2, 0.25) is 5.95 Å². The number of ether oxygens (including phenoxy) is 1. The van der Waals surface area contributed by atoms with E-state index in [1.807, 2.05) is 0 Å². The second kappa shape index (κ2) is 5.19. The van der Waals surface area contributed by atoms with Gasteiger partial charge in [-0.05, 0) is 0 Å². The minimum atomic E-state index is 0.368. The second-order valence-electron chi connectivity index (χ2n) is 4.90. The summed E-state index contributed by atoms with van der Waals surface area (Å²) < 4.78 is 5.37. The summed E-state index contributed by atoms with van der Waals surface area (Å²) in [7, 11) is 0. The van der Waals surface area contributed by atoms with Gasteiger partial charge in [0.05, 0.1) is 31.9 Å². The first-order valence-electron chi connectivity index (χ1n) is 6.93. The molecule has 9 nitrogen and oxygen atoms in total. The number of H-pyrrole nitrogens is 1. The normalized spacial score (nSPS) is 15.4. The van der Waals surface area contributed by atoms with E-state index < -0.39 is 0 Å². The van der Waals surface area contributed by atoms with Crippen molar-refractivity contribution in [2.45, 2.75) is 0 Å². The smallest absolute Gasteiger partial charge is 0.228 e. The highest BCUT2D eigenvalue weighted by atomic mass is 16.5. The summed E-state index contributed by atoms with van der Waals surface area (Å²) in [5, 5.41) is 0. The van der Waals surface area contributed by atoms with Gasteiger partial charge in [-0.15, -0.1) is 0 Å². The Bertz CT molecular complexity index is 793. The average molecular weight is 298 g/mol. The number of nitrogens with two attached hydrogens (primary N) is 1. The van der Waals surface area contributed by atoms with Crippen LogP contribution in [0.5, 0.6) is 0 Å². The van der Waals surface area contributed by atoms with Gasteiger partial charge < -0.3 is 20.4 Å². The van der Waals surface area contributed by atoms with E-state index in [-0.39, 0.29) is 0 Å². The van der Waals surface area contributed by atoms with E-state index in [0.29, 0.717) is 42.0 Å². The molecule has 1 aliphatic rings. The fourth-order valence-electron chi connectivity index (χ4n) is 2.37. The summed E-state index contributed by atoms with van der Waals surface area (Å²) in [5.41, 5.74) is 8.22. The lowest BCUT2D eigenvalue weighted by Gasteiger charge is -2.26. The SMILES string of the molecule is Nc1cnc(-c2nc(N3CCOCC3)nc3nc[nH]c23)cn1. The molecule has 0 bridgehead atoms. The van der Waals surface area contributed by atoms with Gasteiger partial charge in [-0.1, -0.05) is 0 Å². The molecule has 1 aliphatic heterocycles. The van der Waals surface area contributed by atoms with Crippen molar-refractivity contribution in [3.8, 4) is 11.4 Å². The van der Waals surface area contributed by atoms with Crippen molar-refractivity contribution in [1.82, 2.24) is 29.9 Å². The van der Waals surface area contributed by atoms with E-state index >= 15 is 0 Å². The van der Waals surface area contributed by atoms with Crippen molar-refractivity contribution in [1.29, 1.82) is 0 Å². The fraction of sp³-hybridized carbons (Fsp3) is 0.308. The molecule has 4 heterocycles. The Hall–Kier alpha value is -2.81. The van der Waals surface area contributed by atoms with Gasteiger partial charge in [-0.25, -0.2) is 19.9 Å². The van der Waals surface area contributed by atoms with Crippen LogP contribution in [0.2, 0.25) is 0 Å². The van der Waals surface area contributed by atoms with Crippen LogP contribution in [0.25, 0.3) is 22.6 Å². The van der Waals surface area contributed by atoms with Crippen LogP contribution in [0.3, 0.4) is 0 Å². The highest BCUT2D eigenvalue weighted by Gasteiger charge is 2.19. The van der Waals surface area contributed by atoms with Gasteiger partial charge >= 0.3 is 0 Å². The Morgan fingerprint density at radius 2 is 1.95 bits per heavy atom. The maximum Gasteiger partial charge on any atom is 0.228 e. The minimum Gasteiger partial charge on any atom is -0.382 e. The molecule has 1 saturated heterocycles. The third-order valence-electron chi connectivity index (χ3n) is 3.48. The molecule has 0 spiro atoms. The van der Waals surface area contributed by atoms with Gasteiger partial charge in [0.1, 0.15) is 22.7 Å². The largest absolute Gasteiger partial charge is 0.382 e. The van der Waals surface area contributed by atoms with Crippen LogP contribution in [0.15, 0.2) is 18.7 Å². The van der Waals surface area contributed by atoms with Gasteiger partial charge in [0.15, 0.2) is 5.65 Å². The first kappa shape index (κ1) is 12.9. The first-order valence-corrected chi connectivity index (χ1v) is 6.93. The predicted molar refractivity (Wildman–Crippen MR) is 80.2 cm³/mol. The number of aromatic amines is 1. The Morgan fingerprint density at radius 3 is 2.73 bits per heavy atom. The number of fused-ring (bicyclic) bond motifs is 1. The van der Waals surface area contributed by atoms with E-state index in [1.54, 1.807) is 12.5 Å². The zero-order valence-electron chi connectivity index (χ0n) is 11.7. The maximum atomic E-state index is 5.60. The zero-order valence-corrected chi connectivity index (χ0v) is 11.7. The van der Waals surface area contributed by atoms with Gasteiger partial charge in [-0.3, -0.25) is 0 Å². The molecule has 9 heteroatoms. The Labute approximate surface area is 125 Å². The van der Waals surface area contributed by atoms with Crippen molar-refractivity contribution in [2.24, 2.45) is 0 Å². The summed E-state index contributed by atoms with van der Waals surface area (Å²) in [6.45, 7) is 2.84. The van der Waals surface area contributed by atoms with Gasteiger partial charge in [0.25, 0.3) is 0 Å². The Balaban J connectivity index is 1.85. The molecule has 0 aromatic carbocycles. The number of anilines is 2. The monoisotopic (exact) mass is 298 g/mol. The Kier molecular flexibility index (Phi) is 3.04. The van der Waals surface area contributed by atoms with Crippen LogP contribution >= 0.6 is 0 Å².